The summed E-state index contributed by atoms with van der Waals surface area (Å²) in [5.74, 6) is -7.66. The van der Waals surface area contributed by atoms with E-state index in [4.69, 9.17) is 11.5 Å². The van der Waals surface area contributed by atoms with Gasteiger partial charge in [0.05, 0.1) is 25.5 Å². The Morgan fingerprint density at radius 1 is 0.797 bits per heavy atom. The molecule has 0 unspecified atom stereocenters. The van der Waals surface area contributed by atoms with Crippen molar-refractivity contribution >= 4 is 58.2 Å². The van der Waals surface area contributed by atoms with Gasteiger partial charge in [0.2, 0.25) is 41.4 Å². The number of nitrogens with zero attached hydrogens (tertiary/aromatic N) is 2. The van der Waals surface area contributed by atoms with Crippen molar-refractivity contribution in [1.29, 1.82) is 0 Å². The van der Waals surface area contributed by atoms with Crippen molar-refractivity contribution in [2.75, 3.05) is 13.2 Å². The minimum absolute atomic E-state index is 0.0299. The zero-order valence-electron chi connectivity index (χ0n) is 34.9. The highest BCUT2D eigenvalue weighted by Gasteiger charge is 2.40. The summed E-state index contributed by atoms with van der Waals surface area (Å²) < 4.78 is 0. The number of carbonyl (C=O) groups is 8. The van der Waals surface area contributed by atoms with E-state index in [0.29, 0.717) is 34.1 Å². The van der Waals surface area contributed by atoms with E-state index < -0.39 is 109 Å². The molecule has 0 bridgehead atoms. The molecular formula is C42H53N11O11. The van der Waals surface area contributed by atoms with E-state index in [1.54, 1.807) is 60.8 Å². The fourth-order valence-electron chi connectivity index (χ4n) is 7.28. The van der Waals surface area contributed by atoms with Crippen molar-refractivity contribution in [3.8, 4) is 0 Å². The number of para-hydroxylation sites is 1. The van der Waals surface area contributed by atoms with Crippen LogP contribution in [-0.2, 0) is 57.6 Å². The van der Waals surface area contributed by atoms with Crippen LogP contribution in [0.3, 0.4) is 0 Å². The highest BCUT2D eigenvalue weighted by Crippen LogP contribution is 2.22. The zero-order chi connectivity index (χ0) is 46.5. The summed E-state index contributed by atoms with van der Waals surface area (Å²) in [7, 11) is 0. The highest BCUT2D eigenvalue weighted by molar-refractivity contribution is 5.98. The monoisotopic (exact) mass is 887 g/mol. The van der Waals surface area contributed by atoms with Crippen LogP contribution in [0.15, 0.2) is 73.3 Å². The topological polar surface area (TPSA) is 357 Å². The lowest BCUT2D eigenvalue weighted by molar-refractivity contribution is -0.144. The minimum Gasteiger partial charge on any atom is -0.480 e. The maximum absolute atomic E-state index is 14.4. The molecule has 0 radical (unpaired) electrons. The van der Waals surface area contributed by atoms with Gasteiger partial charge < -0.3 is 68.2 Å². The van der Waals surface area contributed by atoms with E-state index in [1.807, 2.05) is 0 Å². The molecule has 1 aliphatic heterocycles. The maximum atomic E-state index is 14.4. The first kappa shape index (κ1) is 47.9. The van der Waals surface area contributed by atoms with Crippen molar-refractivity contribution < 1.29 is 53.7 Å². The number of amides is 7. The number of fused-ring (bicyclic) bond motifs is 1. The molecule has 22 nitrogen and oxygen atoms in total. The average molecular weight is 888 g/mol. The molecule has 1 fully saturated rings. The van der Waals surface area contributed by atoms with Gasteiger partial charge in [-0.2, -0.15) is 0 Å². The van der Waals surface area contributed by atoms with Gasteiger partial charge in [0.1, 0.15) is 42.3 Å². The van der Waals surface area contributed by atoms with Crippen molar-refractivity contribution in [3.05, 3.63) is 90.1 Å². The number of rotatable bonds is 22. The first-order valence-electron chi connectivity index (χ1n) is 20.5. The molecular weight excluding hydrogens is 835 g/mol. The number of H-pyrrole nitrogens is 2. The van der Waals surface area contributed by atoms with Crippen LogP contribution in [-0.4, -0.2) is 144 Å². The Balaban J connectivity index is 1.34. The first-order valence-corrected chi connectivity index (χ1v) is 20.5. The number of aliphatic carboxylic acids is 1. The molecule has 5 rings (SSSR count). The number of nitrogens with one attached hydrogen (secondary N) is 7. The lowest BCUT2D eigenvalue weighted by atomic mass is 10.0. The van der Waals surface area contributed by atoms with Crippen LogP contribution in [0.4, 0.5) is 0 Å². The molecule has 14 N–H and O–H groups in total. The number of likely N-dealkylation sites (tertiary alicyclic amines) is 1. The summed E-state index contributed by atoms with van der Waals surface area (Å²) in [5, 5.41) is 43.0. The third kappa shape index (κ3) is 12.7. The van der Waals surface area contributed by atoms with Crippen LogP contribution in [0.25, 0.3) is 10.9 Å². The van der Waals surface area contributed by atoms with Gasteiger partial charge in [-0.1, -0.05) is 48.5 Å². The van der Waals surface area contributed by atoms with Crippen LogP contribution < -0.4 is 38.1 Å². The van der Waals surface area contributed by atoms with Gasteiger partial charge in [-0.3, -0.25) is 33.6 Å². The quantitative estimate of drug-likeness (QED) is 0.0375. The number of carboxylic acids is 1. The molecule has 2 aromatic heterocycles. The van der Waals surface area contributed by atoms with E-state index in [1.165, 1.54) is 24.3 Å². The molecule has 342 valence electrons. The van der Waals surface area contributed by atoms with Gasteiger partial charge in [0.25, 0.3) is 0 Å². The second-order valence-corrected chi connectivity index (χ2v) is 15.5. The summed E-state index contributed by atoms with van der Waals surface area (Å²) in [5.41, 5.74) is 13.4. The highest BCUT2D eigenvalue weighted by atomic mass is 16.4. The van der Waals surface area contributed by atoms with Crippen molar-refractivity contribution in [3.63, 3.8) is 0 Å². The largest absolute Gasteiger partial charge is 0.480 e. The summed E-state index contributed by atoms with van der Waals surface area (Å²) >= 11 is 0. The molecule has 4 aromatic rings. The number of primary amides is 1. The predicted molar refractivity (Wildman–Crippen MR) is 227 cm³/mol. The van der Waals surface area contributed by atoms with E-state index in [2.05, 4.69) is 41.5 Å². The van der Waals surface area contributed by atoms with Crippen molar-refractivity contribution in [2.45, 2.75) is 93.8 Å². The molecule has 0 aliphatic carbocycles. The van der Waals surface area contributed by atoms with Crippen LogP contribution in [0.2, 0.25) is 0 Å². The van der Waals surface area contributed by atoms with Crippen molar-refractivity contribution in [2.24, 2.45) is 11.5 Å². The van der Waals surface area contributed by atoms with E-state index in [-0.39, 0.29) is 32.2 Å². The Labute approximate surface area is 366 Å². The molecule has 0 saturated carbocycles. The smallest absolute Gasteiger partial charge is 0.326 e. The lowest BCUT2D eigenvalue weighted by Gasteiger charge is -2.31. The summed E-state index contributed by atoms with van der Waals surface area (Å²) in [6.07, 6.45) is 2.63. The first-order chi connectivity index (χ1) is 30.6. The van der Waals surface area contributed by atoms with Gasteiger partial charge in [-0.15, -0.1) is 0 Å². The van der Waals surface area contributed by atoms with Gasteiger partial charge in [0.15, 0.2) is 0 Å². The molecule has 7 amide bonds. The Bertz CT molecular complexity index is 2290. The zero-order valence-corrected chi connectivity index (χ0v) is 34.9. The second-order valence-electron chi connectivity index (χ2n) is 15.5. The average Bonchev–Trinajstić information content (AvgIpc) is 4.06. The predicted octanol–water partition coefficient (Wildman–Crippen LogP) is -3.01. The third-order valence-electron chi connectivity index (χ3n) is 10.7. The summed E-state index contributed by atoms with van der Waals surface area (Å²) in [4.78, 5) is 117. The van der Waals surface area contributed by atoms with Gasteiger partial charge >= 0.3 is 5.97 Å². The Morgan fingerprint density at radius 2 is 1.42 bits per heavy atom. The molecule has 1 saturated heterocycles. The molecule has 0 spiro atoms. The van der Waals surface area contributed by atoms with Crippen molar-refractivity contribution in [1.82, 2.24) is 46.4 Å². The number of aliphatic hydroxyl groups is 2. The number of hydrogen-bond donors (Lipinski definition) is 12. The second kappa shape index (κ2) is 22.3. The van der Waals surface area contributed by atoms with Crippen LogP contribution in [0.5, 0.6) is 0 Å². The molecule has 1 aliphatic rings. The van der Waals surface area contributed by atoms with Crippen LogP contribution in [0, 0.1) is 0 Å². The van der Waals surface area contributed by atoms with Gasteiger partial charge in [-0.25, -0.2) is 9.78 Å². The Kier molecular flexibility index (Phi) is 16.7. The number of carbonyl (C=O) groups excluding carboxylic acids is 7. The molecule has 2 aromatic carbocycles. The number of aliphatic hydroxyl groups excluding tert-OH is 2. The van der Waals surface area contributed by atoms with E-state index in [9.17, 15) is 53.7 Å². The molecule has 3 heterocycles. The van der Waals surface area contributed by atoms with E-state index >= 15 is 0 Å². The fourth-order valence-corrected chi connectivity index (χ4v) is 7.28. The molecule has 8 atom stereocenters. The summed E-state index contributed by atoms with van der Waals surface area (Å²) in [6.45, 7) is 0.444. The summed E-state index contributed by atoms with van der Waals surface area (Å²) in [6, 6.07) is 5.82. The SMILES string of the molecule is C[C@@H](O)[C@H](N)C(=O)N[C@@H](Cc1cnc[nH]1)C(=O)N[C@@H](Cc1ccccc1)C(=O)N1CCC[C@H]1C(=O)N[C@@H](CO)C(=O)N[C@@H](Cc1c[nH]c2ccccc12)C(=O)N[C@@H](CC(N)=O)C(=O)O. The molecule has 64 heavy (non-hydrogen) atoms. The Hall–Kier alpha value is -7.17. The fraction of sp³-hybridized carbons (Fsp3) is 0.405. The van der Waals surface area contributed by atoms with Crippen LogP contribution in [0.1, 0.15) is 43.0 Å². The number of nitrogens with two attached hydrogens (primary N) is 2. The number of aromatic amines is 2. The third-order valence-corrected chi connectivity index (χ3v) is 10.7. The van der Waals surface area contributed by atoms with Gasteiger partial charge in [-0.05, 0) is 37.0 Å². The standard InChI is InChI=1S/C42H53N11O11/c1-22(55)35(44)40(61)49-29(16-25-19-45-21-47-25)37(58)50-30(14-23-8-3-2-4-9-23)41(62)53-13-7-12-33(53)39(60)52-32(20-54)38(59)48-28(36(57)51-31(42(63)64)17-34(43)56)15-24-18-46-27-11-6-5-10-26(24)27/h2-6,8-11,18-19,21-22,28-33,35,46,54-55H,7,12-17,20,44H2,1H3,(H2,43,56)(H,45,47)(H,48,59)(H,49,61)(H,50,58)(H,51,57)(H,52,60)(H,63,64)/t22-,28+,29+,30+,31+,32+,33+,35+/m1/s1. The lowest BCUT2D eigenvalue weighted by Crippen LogP contribution is -2.61. The molecule has 22 heteroatoms. The minimum atomic E-state index is -1.73. The van der Waals surface area contributed by atoms with Gasteiger partial charge in [0, 0.05) is 54.8 Å². The van der Waals surface area contributed by atoms with E-state index in [0.717, 1.165) is 0 Å². The number of aromatic nitrogens is 3. The van der Waals surface area contributed by atoms with Crippen LogP contribution >= 0.6 is 0 Å². The normalized spacial score (nSPS) is 16.9. The number of imidazole rings is 1. The number of carboxylic acid groups (broad SMARTS) is 1. The number of benzene rings is 2. The Morgan fingerprint density at radius 3 is 2.06 bits per heavy atom. The number of hydrogen-bond acceptors (Lipinski definition) is 12. The maximum Gasteiger partial charge on any atom is 0.326 e.